The van der Waals surface area contributed by atoms with E-state index in [9.17, 15) is 4.79 Å². The van der Waals surface area contributed by atoms with E-state index in [1.54, 1.807) is 18.6 Å². The molecule has 0 saturated carbocycles. The smallest absolute Gasteiger partial charge is 0.220 e. The van der Waals surface area contributed by atoms with Crippen LogP contribution in [-0.2, 0) is 11.2 Å². The van der Waals surface area contributed by atoms with E-state index in [-0.39, 0.29) is 11.9 Å². The van der Waals surface area contributed by atoms with Gasteiger partial charge in [0.05, 0.1) is 11.7 Å². The first kappa shape index (κ1) is 12.6. The van der Waals surface area contributed by atoms with Crippen molar-refractivity contribution >= 4 is 5.91 Å². The van der Waals surface area contributed by atoms with Crippen molar-refractivity contribution in [3.05, 3.63) is 54.1 Å². The number of carbonyl (C=O) groups is 1. The highest BCUT2D eigenvalue weighted by atomic mass is 16.5. The lowest BCUT2D eigenvalue weighted by atomic mass is 10.1. The van der Waals surface area contributed by atoms with Gasteiger partial charge in [-0.05, 0) is 12.5 Å². The molecule has 0 fully saturated rings. The number of carbonyl (C=O) groups excluding carboxylic acids is 1. The van der Waals surface area contributed by atoms with E-state index in [0.717, 1.165) is 17.0 Å². The summed E-state index contributed by atoms with van der Waals surface area (Å²) in [6.07, 6.45) is 5.93. The van der Waals surface area contributed by atoms with Crippen molar-refractivity contribution in [2.45, 2.75) is 18.9 Å². The van der Waals surface area contributed by atoms with Gasteiger partial charge in [0.2, 0.25) is 5.91 Å². The second-order valence-corrected chi connectivity index (χ2v) is 4.67. The first-order valence-electron chi connectivity index (χ1n) is 6.59. The van der Waals surface area contributed by atoms with Gasteiger partial charge in [0.15, 0.2) is 0 Å². The van der Waals surface area contributed by atoms with Crippen molar-refractivity contribution in [1.82, 2.24) is 15.3 Å². The summed E-state index contributed by atoms with van der Waals surface area (Å²) in [4.78, 5) is 20.1. The predicted molar refractivity (Wildman–Crippen MR) is 73.2 cm³/mol. The van der Waals surface area contributed by atoms with Crippen molar-refractivity contribution in [3.63, 3.8) is 0 Å². The molecule has 0 aliphatic carbocycles. The van der Waals surface area contributed by atoms with Gasteiger partial charge in [-0.15, -0.1) is 0 Å². The largest absolute Gasteiger partial charge is 0.491 e. The van der Waals surface area contributed by atoms with Gasteiger partial charge in [-0.3, -0.25) is 14.8 Å². The van der Waals surface area contributed by atoms with E-state index in [0.29, 0.717) is 19.4 Å². The Bertz CT molecular complexity index is 601. The third-order valence-corrected chi connectivity index (χ3v) is 3.26. The normalized spacial score (nSPS) is 16.3. The minimum absolute atomic E-state index is 0.000885. The Labute approximate surface area is 117 Å². The summed E-state index contributed by atoms with van der Waals surface area (Å²) in [6, 6.07) is 7.72. The number of para-hydroxylation sites is 1. The fourth-order valence-corrected chi connectivity index (χ4v) is 2.25. The number of nitrogens with zero attached hydrogens (tertiary/aromatic N) is 2. The first-order chi connectivity index (χ1) is 9.83. The van der Waals surface area contributed by atoms with Crippen LogP contribution in [0.4, 0.5) is 0 Å². The highest BCUT2D eigenvalue weighted by Gasteiger charge is 2.24. The highest BCUT2D eigenvalue weighted by molar-refractivity contribution is 5.77. The molecule has 1 amide bonds. The maximum absolute atomic E-state index is 12.0. The highest BCUT2D eigenvalue weighted by Crippen LogP contribution is 2.31. The number of ether oxygens (including phenoxy) is 1. The van der Waals surface area contributed by atoms with Crippen molar-refractivity contribution in [3.8, 4) is 5.75 Å². The third kappa shape index (κ3) is 2.77. The molecule has 2 heterocycles. The molecule has 1 aliphatic heterocycles. The van der Waals surface area contributed by atoms with Gasteiger partial charge in [0.25, 0.3) is 0 Å². The van der Waals surface area contributed by atoms with Gasteiger partial charge in [0, 0.05) is 30.6 Å². The monoisotopic (exact) mass is 269 g/mol. The van der Waals surface area contributed by atoms with Crippen LogP contribution in [0.1, 0.15) is 23.7 Å². The lowest BCUT2D eigenvalue weighted by Crippen LogP contribution is -2.29. The molecule has 102 valence electrons. The van der Waals surface area contributed by atoms with E-state index < -0.39 is 0 Å². The van der Waals surface area contributed by atoms with Crippen LogP contribution < -0.4 is 10.1 Å². The summed E-state index contributed by atoms with van der Waals surface area (Å²) in [5.41, 5.74) is 1.87. The Hall–Kier alpha value is -2.43. The zero-order valence-electron chi connectivity index (χ0n) is 11.0. The van der Waals surface area contributed by atoms with Crippen LogP contribution in [0, 0.1) is 0 Å². The lowest BCUT2D eigenvalue weighted by Gasteiger charge is -2.11. The number of fused-ring (bicyclic) bond motifs is 1. The Kier molecular flexibility index (Phi) is 3.58. The van der Waals surface area contributed by atoms with Crippen molar-refractivity contribution in [2.75, 3.05) is 6.61 Å². The van der Waals surface area contributed by atoms with Crippen molar-refractivity contribution in [2.24, 2.45) is 0 Å². The number of nitrogens with one attached hydrogen (secondary N) is 1. The molecule has 2 aromatic rings. The summed E-state index contributed by atoms with van der Waals surface area (Å²) in [7, 11) is 0. The number of aromatic nitrogens is 2. The van der Waals surface area contributed by atoms with Crippen LogP contribution in [0.15, 0.2) is 42.9 Å². The summed E-state index contributed by atoms with van der Waals surface area (Å²) < 4.78 is 5.54. The number of amides is 1. The average molecular weight is 269 g/mol. The molecule has 0 radical (unpaired) electrons. The molecule has 1 unspecified atom stereocenters. The summed E-state index contributed by atoms with van der Waals surface area (Å²) in [6.45, 7) is 0.496. The Morgan fingerprint density at radius 1 is 1.35 bits per heavy atom. The molecule has 0 bridgehead atoms. The molecular formula is C15H15N3O2. The zero-order chi connectivity index (χ0) is 13.8. The van der Waals surface area contributed by atoms with Gasteiger partial charge >= 0.3 is 0 Å². The molecular weight excluding hydrogens is 254 g/mol. The van der Waals surface area contributed by atoms with E-state index in [1.165, 1.54) is 0 Å². The average Bonchev–Trinajstić information content (AvgIpc) is 2.90. The molecule has 0 saturated heterocycles. The predicted octanol–water partition coefficient (Wildman–Crippen LogP) is 1.66. The van der Waals surface area contributed by atoms with Crippen molar-refractivity contribution in [1.29, 1.82) is 0 Å². The van der Waals surface area contributed by atoms with Crippen molar-refractivity contribution < 1.29 is 9.53 Å². The maximum Gasteiger partial charge on any atom is 0.220 e. The summed E-state index contributed by atoms with van der Waals surface area (Å²) in [5, 5.41) is 2.99. The lowest BCUT2D eigenvalue weighted by molar-refractivity contribution is -0.121. The number of aryl methyl sites for hydroxylation is 1. The number of rotatable bonds is 4. The van der Waals surface area contributed by atoms with Gasteiger partial charge in [-0.25, -0.2) is 0 Å². The maximum atomic E-state index is 12.0. The van der Waals surface area contributed by atoms with Crippen LogP contribution in [0.2, 0.25) is 0 Å². The van der Waals surface area contributed by atoms with Gasteiger partial charge < -0.3 is 10.1 Å². The SMILES string of the molecule is O=C(CCc1cnccn1)NC1COc2ccccc21. The molecule has 1 aliphatic rings. The molecule has 20 heavy (non-hydrogen) atoms. The number of benzene rings is 1. The molecule has 0 spiro atoms. The fourth-order valence-electron chi connectivity index (χ4n) is 2.25. The van der Waals surface area contributed by atoms with E-state index >= 15 is 0 Å². The second-order valence-electron chi connectivity index (χ2n) is 4.67. The Balaban J connectivity index is 1.55. The minimum atomic E-state index is -0.0550. The summed E-state index contributed by atoms with van der Waals surface area (Å²) >= 11 is 0. The number of hydrogen-bond donors (Lipinski definition) is 1. The molecule has 5 nitrogen and oxygen atoms in total. The molecule has 1 N–H and O–H groups in total. The standard InChI is InChI=1S/C15H15N3O2/c19-15(6-5-11-9-16-7-8-17-11)18-13-10-20-14-4-2-1-3-12(13)14/h1-4,7-9,13H,5-6,10H2,(H,18,19). The van der Waals surface area contributed by atoms with Crippen LogP contribution in [0.5, 0.6) is 5.75 Å². The molecule has 1 atom stereocenters. The summed E-state index contributed by atoms with van der Waals surface area (Å²) in [5.74, 6) is 0.854. The molecule has 1 aromatic carbocycles. The fraction of sp³-hybridized carbons (Fsp3) is 0.267. The molecule has 1 aromatic heterocycles. The quantitative estimate of drug-likeness (QED) is 0.916. The Morgan fingerprint density at radius 2 is 2.25 bits per heavy atom. The van der Waals surface area contributed by atoms with Gasteiger partial charge in [-0.1, -0.05) is 18.2 Å². The van der Waals surface area contributed by atoms with E-state index in [4.69, 9.17) is 4.74 Å². The molecule has 3 rings (SSSR count). The van der Waals surface area contributed by atoms with E-state index in [1.807, 2.05) is 24.3 Å². The van der Waals surface area contributed by atoms with Gasteiger partial charge in [0.1, 0.15) is 12.4 Å². The van der Waals surface area contributed by atoms with Gasteiger partial charge in [-0.2, -0.15) is 0 Å². The van der Waals surface area contributed by atoms with E-state index in [2.05, 4.69) is 15.3 Å². The zero-order valence-corrected chi connectivity index (χ0v) is 11.0. The van der Waals surface area contributed by atoms with Crippen LogP contribution in [0.3, 0.4) is 0 Å². The Morgan fingerprint density at radius 3 is 3.10 bits per heavy atom. The second kappa shape index (κ2) is 5.69. The molecule has 5 heteroatoms. The third-order valence-electron chi connectivity index (χ3n) is 3.26. The van der Waals surface area contributed by atoms with Crippen LogP contribution in [0.25, 0.3) is 0 Å². The van der Waals surface area contributed by atoms with Crippen LogP contribution >= 0.6 is 0 Å². The van der Waals surface area contributed by atoms with Crippen LogP contribution in [-0.4, -0.2) is 22.5 Å². The number of hydrogen-bond acceptors (Lipinski definition) is 4. The topological polar surface area (TPSA) is 64.1 Å². The first-order valence-corrected chi connectivity index (χ1v) is 6.59. The minimum Gasteiger partial charge on any atom is -0.491 e.